The summed E-state index contributed by atoms with van der Waals surface area (Å²) in [4.78, 5) is 34.8. The van der Waals surface area contributed by atoms with Crippen molar-refractivity contribution in [2.75, 3.05) is 6.54 Å². The molecule has 0 aliphatic carbocycles. The minimum atomic E-state index is -1.16. The quantitative estimate of drug-likeness (QED) is 0.424. The minimum absolute atomic E-state index is 0.136. The largest absolute Gasteiger partial charge is 0.481 e. The smallest absolute Gasteiger partial charge is 0.326 e. The summed E-state index contributed by atoms with van der Waals surface area (Å²) < 4.78 is 0. The first-order chi connectivity index (χ1) is 11.9. The van der Waals surface area contributed by atoms with Crippen molar-refractivity contribution in [2.24, 2.45) is 0 Å². The van der Waals surface area contributed by atoms with Crippen molar-refractivity contribution < 1.29 is 24.6 Å². The molecule has 1 rings (SSSR count). The molecule has 25 heavy (non-hydrogen) atoms. The molecule has 1 aromatic rings. The van der Waals surface area contributed by atoms with E-state index in [1.165, 1.54) is 0 Å². The van der Waals surface area contributed by atoms with Crippen LogP contribution in [-0.4, -0.2) is 46.7 Å². The molecular weight excluding hydrogens is 324 g/mol. The topological polar surface area (TPSA) is 116 Å². The number of carboxylic acids is 2. The van der Waals surface area contributed by atoms with Gasteiger partial charge in [-0.3, -0.25) is 9.59 Å². The van der Waals surface area contributed by atoms with Gasteiger partial charge in [0.05, 0.1) is 12.5 Å². The number of nitrogens with one attached hydrogen (secondary N) is 2. The molecule has 7 nitrogen and oxygen atoms in total. The number of hydrogen-bond donors (Lipinski definition) is 4. The van der Waals surface area contributed by atoms with Gasteiger partial charge in [0.15, 0.2) is 0 Å². The van der Waals surface area contributed by atoms with Crippen molar-refractivity contribution in [3.8, 4) is 0 Å². The van der Waals surface area contributed by atoms with E-state index >= 15 is 0 Å². The average Bonchev–Trinajstić information content (AvgIpc) is 2.57. The molecule has 0 radical (unpaired) electrons. The Labute approximate surface area is 147 Å². The van der Waals surface area contributed by atoms with Crippen LogP contribution in [0.15, 0.2) is 30.3 Å². The fourth-order valence-corrected chi connectivity index (χ4v) is 2.41. The monoisotopic (exact) mass is 350 g/mol. The van der Waals surface area contributed by atoms with Crippen LogP contribution in [-0.2, 0) is 20.8 Å². The molecule has 0 unspecified atom stereocenters. The van der Waals surface area contributed by atoms with Gasteiger partial charge >= 0.3 is 11.9 Å². The molecule has 0 saturated carbocycles. The van der Waals surface area contributed by atoms with Crippen LogP contribution in [0.4, 0.5) is 0 Å². The lowest BCUT2D eigenvalue weighted by molar-refractivity contribution is -0.143. The number of hydrogen-bond acceptors (Lipinski definition) is 4. The molecule has 0 aliphatic rings. The number of benzene rings is 1. The zero-order valence-corrected chi connectivity index (χ0v) is 14.4. The van der Waals surface area contributed by atoms with Gasteiger partial charge < -0.3 is 20.8 Å². The maximum Gasteiger partial charge on any atom is 0.326 e. The number of carbonyl (C=O) groups is 3. The maximum atomic E-state index is 12.3. The van der Waals surface area contributed by atoms with Gasteiger partial charge in [0.2, 0.25) is 5.91 Å². The van der Waals surface area contributed by atoms with Crippen molar-refractivity contribution in [3.05, 3.63) is 35.9 Å². The molecule has 0 fully saturated rings. The van der Waals surface area contributed by atoms with Gasteiger partial charge in [-0.05, 0) is 18.5 Å². The van der Waals surface area contributed by atoms with Crippen LogP contribution in [0.25, 0.3) is 0 Å². The van der Waals surface area contributed by atoms with Crippen LogP contribution in [0, 0.1) is 0 Å². The second kappa shape index (κ2) is 11.2. The summed E-state index contributed by atoms with van der Waals surface area (Å²) in [5, 5.41) is 23.7. The van der Waals surface area contributed by atoms with Gasteiger partial charge in [0, 0.05) is 6.42 Å². The van der Waals surface area contributed by atoms with E-state index in [4.69, 9.17) is 5.11 Å². The first kappa shape index (κ1) is 20.6. The number of carboxylic acid groups (broad SMARTS) is 2. The molecule has 0 heterocycles. The summed E-state index contributed by atoms with van der Waals surface area (Å²) in [5.41, 5.74) is 0.779. The molecular formula is C18H26N2O5. The van der Waals surface area contributed by atoms with Gasteiger partial charge in [0.1, 0.15) is 6.04 Å². The number of aliphatic carboxylic acids is 2. The summed E-state index contributed by atoms with van der Waals surface area (Å²) in [6.07, 6.45) is 2.55. The van der Waals surface area contributed by atoms with Crippen LogP contribution in [0.2, 0.25) is 0 Å². The van der Waals surface area contributed by atoms with Crippen LogP contribution in [0.5, 0.6) is 0 Å². The molecule has 2 atom stereocenters. The lowest BCUT2D eigenvalue weighted by atomic mass is 10.1. The Balaban J connectivity index is 2.69. The van der Waals surface area contributed by atoms with E-state index in [9.17, 15) is 19.5 Å². The third-order valence-corrected chi connectivity index (χ3v) is 3.76. The highest BCUT2D eigenvalue weighted by molar-refractivity contribution is 5.89. The first-order valence-electron chi connectivity index (χ1n) is 8.46. The van der Waals surface area contributed by atoms with E-state index in [1.54, 1.807) is 24.3 Å². The van der Waals surface area contributed by atoms with Gasteiger partial charge in [-0.1, -0.05) is 50.1 Å². The SMILES string of the molecule is CCCCCN[C@@H](CC(=O)O)C(=O)N[C@@H](Cc1ccccc1)C(=O)O. The molecule has 4 N–H and O–H groups in total. The normalized spacial score (nSPS) is 13.0. The zero-order chi connectivity index (χ0) is 18.7. The van der Waals surface area contributed by atoms with Crippen LogP contribution in [0.3, 0.4) is 0 Å². The highest BCUT2D eigenvalue weighted by Crippen LogP contribution is 2.05. The summed E-state index contributed by atoms with van der Waals surface area (Å²) in [6.45, 7) is 2.55. The number of carbonyl (C=O) groups excluding carboxylic acids is 1. The molecule has 0 saturated heterocycles. The van der Waals surface area contributed by atoms with E-state index in [0.29, 0.717) is 6.54 Å². The molecule has 0 spiro atoms. The van der Waals surface area contributed by atoms with E-state index in [1.807, 2.05) is 13.0 Å². The van der Waals surface area contributed by atoms with Crippen LogP contribution < -0.4 is 10.6 Å². The average molecular weight is 350 g/mol. The first-order valence-corrected chi connectivity index (χ1v) is 8.46. The lowest BCUT2D eigenvalue weighted by Gasteiger charge is -2.20. The summed E-state index contributed by atoms with van der Waals surface area (Å²) in [7, 11) is 0. The number of unbranched alkanes of at least 4 members (excludes halogenated alkanes) is 2. The highest BCUT2D eigenvalue weighted by Gasteiger charge is 2.26. The minimum Gasteiger partial charge on any atom is -0.481 e. The lowest BCUT2D eigenvalue weighted by Crippen LogP contribution is -2.51. The maximum absolute atomic E-state index is 12.3. The predicted octanol–water partition coefficient (Wildman–Crippen LogP) is 1.42. The molecule has 138 valence electrons. The van der Waals surface area contributed by atoms with Crippen molar-refractivity contribution >= 4 is 17.8 Å². The van der Waals surface area contributed by atoms with Crippen LogP contribution in [0.1, 0.15) is 38.2 Å². The Morgan fingerprint density at radius 3 is 2.28 bits per heavy atom. The fourth-order valence-electron chi connectivity index (χ4n) is 2.41. The van der Waals surface area contributed by atoms with Gasteiger partial charge in [-0.15, -0.1) is 0 Å². The zero-order valence-electron chi connectivity index (χ0n) is 14.4. The van der Waals surface area contributed by atoms with E-state index in [-0.39, 0.29) is 6.42 Å². The molecule has 0 aromatic heterocycles. The summed E-state index contributed by atoms with van der Waals surface area (Å²) in [5.74, 6) is -2.88. The Hall–Kier alpha value is -2.41. The van der Waals surface area contributed by atoms with Crippen LogP contribution >= 0.6 is 0 Å². The molecule has 1 amide bonds. The Morgan fingerprint density at radius 1 is 1.04 bits per heavy atom. The molecule has 7 heteroatoms. The number of rotatable bonds is 12. The third-order valence-electron chi connectivity index (χ3n) is 3.76. The highest BCUT2D eigenvalue weighted by atomic mass is 16.4. The predicted molar refractivity (Wildman–Crippen MR) is 93.3 cm³/mol. The Kier molecular flexibility index (Phi) is 9.24. The Morgan fingerprint density at radius 2 is 1.72 bits per heavy atom. The summed E-state index contributed by atoms with van der Waals surface area (Å²) in [6, 6.07) is 6.90. The fraction of sp³-hybridized carbons (Fsp3) is 0.500. The molecule has 0 bridgehead atoms. The second-order valence-electron chi connectivity index (χ2n) is 5.90. The van der Waals surface area contributed by atoms with E-state index in [0.717, 1.165) is 24.8 Å². The van der Waals surface area contributed by atoms with Gasteiger partial charge in [-0.2, -0.15) is 0 Å². The second-order valence-corrected chi connectivity index (χ2v) is 5.90. The van der Waals surface area contributed by atoms with Crippen molar-refractivity contribution in [1.82, 2.24) is 10.6 Å². The van der Waals surface area contributed by atoms with Crippen molar-refractivity contribution in [1.29, 1.82) is 0 Å². The molecule has 1 aromatic carbocycles. The third kappa shape index (κ3) is 8.30. The standard InChI is InChI=1S/C18H26N2O5/c1-2-3-7-10-19-14(12-16(21)22)17(23)20-15(18(24)25)11-13-8-5-4-6-9-13/h4-6,8-9,14-15,19H,2-3,7,10-12H2,1H3,(H,20,23)(H,21,22)(H,24,25)/t14-,15-/m0/s1. The van der Waals surface area contributed by atoms with Gasteiger partial charge in [-0.25, -0.2) is 4.79 Å². The number of amides is 1. The van der Waals surface area contributed by atoms with E-state index in [2.05, 4.69) is 10.6 Å². The van der Waals surface area contributed by atoms with Gasteiger partial charge in [0.25, 0.3) is 0 Å². The van der Waals surface area contributed by atoms with Crippen molar-refractivity contribution in [3.63, 3.8) is 0 Å². The molecule has 0 aliphatic heterocycles. The van der Waals surface area contributed by atoms with E-state index < -0.39 is 36.4 Å². The summed E-state index contributed by atoms with van der Waals surface area (Å²) >= 11 is 0. The van der Waals surface area contributed by atoms with Crippen molar-refractivity contribution in [2.45, 2.75) is 51.1 Å². The Bertz CT molecular complexity index is 562.